The van der Waals surface area contributed by atoms with Crippen LogP contribution in [0.1, 0.15) is 29.0 Å². The first kappa shape index (κ1) is 7.87. The van der Waals surface area contributed by atoms with Gasteiger partial charge in [0.2, 0.25) is 0 Å². The number of rotatable bonds is 3. The molecule has 4 nitrogen and oxygen atoms in total. The van der Waals surface area contributed by atoms with E-state index in [2.05, 4.69) is 4.98 Å². The number of cyclic esters (lactones) is 1. The molecular weight excluding hydrogens is 204 g/mol. The molecule has 0 N–H and O–H groups in total. The third-order valence-electron chi connectivity index (χ3n) is 3.10. The van der Waals surface area contributed by atoms with Gasteiger partial charge in [-0.2, -0.15) is 0 Å². The van der Waals surface area contributed by atoms with Crippen molar-refractivity contribution in [3.63, 3.8) is 0 Å². The molecule has 0 aromatic carbocycles. The molecule has 4 heteroatoms. The molecule has 1 fully saturated rings. The smallest absolute Gasteiger partial charge is 0.309 e. The molecule has 0 bridgehead atoms. The molecule has 0 saturated carbocycles. The third-order valence-corrected chi connectivity index (χ3v) is 3.10. The Hall–Kier alpha value is -1.32. The molecule has 0 amide bonds. The van der Waals surface area contributed by atoms with Crippen LogP contribution in [-0.2, 0) is 23.0 Å². The van der Waals surface area contributed by atoms with E-state index in [0.29, 0.717) is 12.2 Å². The van der Waals surface area contributed by atoms with E-state index in [-0.39, 0.29) is 24.4 Å². The number of hydrogen-bond donors (Lipinski definition) is 0. The molecule has 1 aliphatic rings. The Morgan fingerprint density at radius 3 is 3.12 bits per heavy atom. The van der Waals surface area contributed by atoms with Gasteiger partial charge in [0.15, 0.2) is 0 Å². The molecule has 2 heterocycles. The number of hydrogen-bond acceptors (Lipinski definition) is 3. The van der Waals surface area contributed by atoms with Gasteiger partial charge in [-0.25, -0.2) is 4.98 Å². The second-order valence-electron chi connectivity index (χ2n) is 4.07. The van der Waals surface area contributed by atoms with E-state index in [1.54, 1.807) is 18.5 Å². The van der Waals surface area contributed by atoms with Crippen molar-refractivity contribution in [3.8, 4) is 0 Å². The molecule has 88 valence electrons. The van der Waals surface area contributed by atoms with Crippen LogP contribution < -0.4 is 0 Å². The molecule has 0 spiro atoms. The first-order chi connectivity index (χ1) is 8.80. The van der Waals surface area contributed by atoms with Crippen LogP contribution in [-0.4, -0.2) is 22.1 Å². The van der Waals surface area contributed by atoms with E-state index in [9.17, 15) is 4.79 Å². The quantitative estimate of drug-likeness (QED) is 0.732. The van der Waals surface area contributed by atoms with Crippen LogP contribution in [0.4, 0.5) is 0 Å². The maximum atomic E-state index is 11.6. The third kappa shape index (κ3) is 1.84. The summed E-state index contributed by atoms with van der Waals surface area (Å²) in [5.74, 6) is -0.780. The number of aromatic nitrogens is 2. The number of ether oxygens (including phenoxy) is 1. The summed E-state index contributed by atoms with van der Waals surface area (Å²) < 4.78 is 31.1. The monoisotopic (exact) mass is 225 g/mol. The Bertz CT molecular complexity index is 513. The number of carbonyl (C=O) groups excluding carboxylic acids is 1. The van der Waals surface area contributed by atoms with Gasteiger partial charge in [0.25, 0.3) is 0 Å². The fourth-order valence-electron chi connectivity index (χ4n) is 1.90. The Morgan fingerprint density at radius 1 is 1.81 bits per heavy atom. The highest BCUT2D eigenvalue weighted by molar-refractivity contribution is 5.74. The van der Waals surface area contributed by atoms with Crippen molar-refractivity contribution in [2.75, 3.05) is 6.61 Å². The molecule has 1 aromatic heterocycles. The molecule has 1 aliphatic heterocycles. The Morgan fingerprint density at radius 2 is 2.56 bits per heavy atom. The zero-order chi connectivity index (χ0) is 14.4. The summed E-state index contributed by atoms with van der Waals surface area (Å²) in [6, 6.07) is 0. The van der Waals surface area contributed by atoms with Gasteiger partial charge in [0.1, 0.15) is 5.82 Å². The average molecular weight is 225 g/mol. The zero-order valence-corrected chi connectivity index (χ0v) is 9.78. The SMILES string of the molecule is [2H]c1nc(C)n(C)c1C([2H])([2H])[C@H]1COC(=O)[C@H]1CC. The first-order valence-corrected chi connectivity index (χ1v) is 5.47. The lowest BCUT2D eigenvalue weighted by Gasteiger charge is -2.13. The highest BCUT2D eigenvalue weighted by Crippen LogP contribution is 2.28. The first-order valence-electron chi connectivity index (χ1n) is 6.97. The van der Waals surface area contributed by atoms with E-state index in [1.807, 2.05) is 6.92 Å². The van der Waals surface area contributed by atoms with Crippen molar-refractivity contribution in [2.45, 2.75) is 26.6 Å². The molecule has 0 unspecified atom stereocenters. The highest BCUT2D eigenvalue weighted by Gasteiger charge is 2.35. The predicted molar refractivity (Wildman–Crippen MR) is 59.9 cm³/mol. The summed E-state index contributed by atoms with van der Waals surface area (Å²) in [7, 11) is 1.69. The van der Waals surface area contributed by atoms with Crippen molar-refractivity contribution < 1.29 is 13.6 Å². The Kier molecular flexibility index (Phi) is 2.10. The Balaban J connectivity index is 2.44. The minimum Gasteiger partial charge on any atom is -0.465 e. The standard InChI is InChI=1S/C12H18N2O2/c1-4-11-9(7-16-12(11)15)5-10-6-13-8(2)14(10)3/h6,9,11H,4-5,7H2,1-3H3/t9-,11-/m0/s1/i5D2,6D. The number of esters is 1. The van der Waals surface area contributed by atoms with Crippen molar-refractivity contribution in [1.82, 2.24) is 9.55 Å². The summed E-state index contributed by atoms with van der Waals surface area (Å²) in [5.41, 5.74) is 0.215. The summed E-state index contributed by atoms with van der Waals surface area (Å²) in [5, 5.41) is 0. The predicted octanol–water partition coefficient (Wildman–Crippen LogP) is 1.47. The van der Waals surface area contributed by atoms with Gasteiger partial charge in [0.05, 0.1) is 13.9 Å². The van der Waals surface area contributed by atoms with Crippen LogP contribution in [0.15, 0.2) is 6.17 Å². The Labute approximate surface area is 99.8 Å². The van der Waals surface area contributed by atoms with Crippen LogP contribution >= 0.6 is 0 Å². The van der Waals surface area contributed by atoms with Crippen molar-refractivity contribution in [2.24, 2.45) is 18.9 Å². The topological polar surface area (TPSA) is 44.1 Å². The molecule has 16 heavy (non-hydrogen) atoms. The summed E-state index contributed by atoms with van der Waals surface area (Å²) in [6.45, 7) is 3.63. The molecule has 1 aromatic rings. The maximum absolute atomic E-state index is 11.6. The van der Waals surface area contributed by atoms with Crippen molar-refractivity contribution >= 4 is 5.97 Å². The van der Waals surface area contributed by atoms with Gasteiger partial charge < -0.3 is 9.30 Å². The second kappa shape index (κ2) is 4.28. The molecule has 1 saturated heterocycles. The molecule has 0 aliphatic carbocycles. The lowest BCUT2D eigenvalue weighted by Crippen LogP contribution is -2.18. The maximum Gasteiger partial charge on any atom is 0.309 e. The molecular formula is C12H18N2O2. The normalized spacial score (nSPS) is 28.4. The van der Waals surface area contributed by atoms with E-state index in [0.717, 1.165) is 0 Å². The van der Waals surface area contributed by atoms with E-state index in [4.69, 9.17) is 8.85 Å². The minimum absolute atomic E-state index is 0.0635. The van der Waals surface area contributed by atoms with E-state index in [1.165, 1.54) is 0 Å². The average Bonchev–Trinajstić information content (AvgIpc) is 2.81. The molecule has 0 radical (unpaired) electrons. The molecule has 2 rings (SSSR count). The van der Waals surface area contributed by atoms with Crippen LogP contribution in [0.25, 0.3) is 0 Å². The van der Waals surface area contributed by atoms with Gasteiger partial charge in [-0.15, -0.1) is 0 Å². The number of aryl methyl sites for hydroxylation is 1. The summed E-state index contributed by atoms with van der Waals surface area (Å²) in [4.78, 5) is 15.6. The highest BCUT2D eigenvalue weighted by atomic mass is 16.5. The van der Waals surface area contributed by atoms with Crippen LogP contribution in [0.5, 0.6) is 0 Å². The van der Waals surface area contributed by atoms with Crippen molar-refractivity contribution in [3.05, 3.63) is 17.7 Å². The number of carbonyl (C=O) groups is 1. The zero-order valence-electron chi connectivity index (χ0n) is 12.8. The minimum atomic E-state index is -1.81. The largest absolute Gasteiger partial charge is 0.465 e. The van der Waals surface area contributed by atoms with Gasteiger partial charge in [-0.05, 0) is 19.7 Å². The van der Waals surface area contributed by atoms with Crippen LogP contribution in [0.3, 0.4) is 0 Å². The summed E-state index contributed by atoms with van der Waals surface area (Å²) in [6.07, 6.45) is -1.34. The lowest BCUT2D eigenvalue weighted by atomic mass is 9.89. The van der Waals surface area contributed by atoms with Gasteiger partial charge in [0, 0.05) is 27.6 Å². The van der Waals surface area contributed by atoms with Crippen molar-refractivity contribution in [1.29, 1.82) is 0 Å². The molecule has 2 atom stereocenters. The van der Waals surface area contributed by atoms with E-state index >= 15 is 0 Å². The fourth-order valence-corrected chi connectivity index (χ4v) is 1.90. The fraction of sp³-hybridized carbons (Fsp3) is 0.667. The van der Waals surface area contributed by atoms with Gasteiger partial charge in [-0.3, -0.25) is 4.79 Å². The van der Waals surface area contributed by atoms with Gasteiger partial charge >= 0.3 is 5.97 Å². The lowest BCUT2D eigenvalue weighted by molar-refractivity contribution is -0.141. The van der Waals surface area contributed by atoms with Crippen LogP contribution in [0, 0.1) is 18.8 Å². The number of imidazole rings is 1. The second-order valence-corrected chi connectivity index (χ2v) is 4.07. The van der Waals surface area contributed by atoms with Crippen LogP contribution in [0.2, 0.25) is 0 Å². The number of nitrogens with zero attached hydrogens (tertiary/aromatic N) is 2. The van der Waals surface area contributed by atoms with Gasteiger partial charge in [-0.1, -0.05) is 6.92 Å². The summed E-state index contributed by atoms with van der Waals surface area (Å²) >= 11 is 0. The van der Waals surface area contributed by atoms with E-state index < -0.39 is 18.2 Å².